The van der Waals surface area contributed by atoms with Gasteiger partial charge in [0.25, 0.3) is 0 Å². The van der Waals surface area contributed by atoms with Gasteiger partial charge in [-0.1, -0.05) is 55.3 Å². The van der Waals surface area contributed by atoms with Crippen LogP contribution in [0.15, 0.2) is 73.1 Å². The monoisotopic (exact) mass is 444 g/mol. The molecule has 6 heteroatoms. The lowest BCUT2D eigenvalue weighted by Crippen LogP contribution is -2.50. The van der Waals surface area contributed by atoms with E-state index in [9.17, 15) is 14.7 Å². The first-order valence-corrected chi connectivity index (χ1v) is 11.2. The van der Waals surface area contributed by atoms with E-state index in [-0.39, 0.29) is 12.3 Å². The van der Waals surface area contributed by atoms with Gasteiger partial charge in [-0.05, 0) is 47.7 Å². The largest absolute Gasteiger partial charge is 0.496 e. The van der Waals surface area contributed by atoms with Crippen LogP contribution in [-0.2, 0) is 21.4 Å². The number of amides is 1. The summed E-state index contributed by atoms with van der Waals surface area (Å²) < 4.78 is 5.44. The highest BCUT2D eigenvalue weighted by atomic mass is 16.5. The molecule has 2 N–H and O–H groups in total. The number of hydrogen-bond donors (Lipinski definition) is 2. The number of carboxylic acids is 1. The summed E-state index contributed by atoms with van der Waals surface area (Å²) in [5.41, 5.74) is 3.00. The Hall–Kier alpha value is -3.67. The van der Waals surface area contributed by atoms with Crippen LogP contribution in [0.1, 0.15) is 36.8 Å². The van der Waals surface area contributed by atoms with E-state index < -0.39 is 17.4 Å². The maximum atomic E-state index is 13.4. The molecule has 0 unspecified atom stereocenters. The van der Waals surface area contributed by atoms with E-state index in [0.29, 0.717) is 12.8 Å². The number of aromatic nitrogens is 1. The first kappa shape index (κ1) is 22.5. The summed E-state index contributed by atoms with van der Waals surface area (Å²) in [5, 5.41) is 12.7. The molecule has 0 bridgehead atoms. The second-order valence-corrected chi connectivity index (χ2v) is 8.49. The number of nitrogens with zero attached hydrogens (tertiary/aromatic N) is 1. The molecule has 0 saturated heterocycles. The molecular formula is C27H28N2O4. The molecule has 6 nitrogen and oxygen atoms in total. The van der Waals surface area contributed by atoms with Crippen LogP contribution in [0.5, 0.6) is 5.75 Å². The molecule has 170 valence electrons. The van der Waals surface area contributed by atoms with Crippen LogP contribution < -0.4 is 10.1 Å². The van der Waals surface area contributed by atoms with E-state index in [2.05, 4.69) is 10.3 Å². The lowest BCUT2D eigenvalue weighted by molar-refractivity contribution is -0.142. The van der Waals surface area contributed by atoms with Gasteiger partial charge in [0, 0.05) is 24.4 Å². The molecule has 1 aliphatic carbocycles. The second-order valence-electron chi connectivity index (χ2n) is 8.49. The molecule has 2 aromatic carbocycles. The lowest BCUT2D eigenvalue weighted by Gasteiger charge is -2.30. The average molecular weight is 445 g/mol. The van der Waals surface area contributed by atoms with Crippen molar-refractivity contribution in [2.75, 3.05) is 7.11 Å². The van der Waals surface area contributed by atoms with Crippen molar-refractivity contribution in [3.63, 3.8) is 0 Å². The third-order valence-electron chi connectivity index (χ3n) is 6.54. The van der Waals surface area contributed by atoms with Crippen LogP contribution in [0.4, 0.5) is 0 Å². The molecule has 1 aromatic heterocycles. The van der Waals surface area contributed by atoms with Crippen molar-refractivity contribution in [1.82, 2.24) is 10.3 Å². The number of carbonyl (C=O) groups is 2. The van der Waals surface area contributed by atoms with Crippen molar-refractivity contribution < 1.29 is 19.4 Å². The zero-order valence-corrected chi connectivity index (χ0v) is 18.7. The number of para-hydroxylation sites is 1. The van der Waals surface area contributed by atoms with Crippen molar-refractivity contribution >= 4 is 11.9 Å². The number of carboxylic acid groups (broad SMARTS) is 1. The van der Waals surface area contributed by atoms with E-state index in [4.69, 9.17) is 4.74 Å². The Morgan fingerprint density at radius 3 is 2.33 bits per heavy atom. The standard InChI is InChI=1S/C27H28N2O4/c1-33-24-7-3-2-6-22(24)20-10-8-19(9-11-20)18-23(25(30)31)29-26(32)27(14-4-5-15-27)21-12-16-28-17-13-21/h2-3,6-13,16-17,23H,4-5,14-15,18H2,1H3,(H,29,32)(H,30,31)/t23-/m0/s1. The van der Waals surface area contributed by atoms with Crippen molar-refractivity contribution in [1.29, 1.82) is 0 Å². The van der Waals surface area contributed by atoms with Gasteiger partial charge in [-0.2, -0.15) is 0 Å². The van der Waals surface area contributed by atoms with Gasteiger partial charge >= 0.3 is 5.97 Å². The fourth-order valence-corrected chi connectivity index (χ4v) is 4.73. The fraction of sp³-hybridized carbons (Fsp3) is 0.296. The first-order chi connectivity index (χ1) is 16.0. The summed E-state index contributed by atoms with van der Waals surface area (Å²) >= 11 is 0. The van der Waals surface area contributed by atoms with Crippen LogP contribution in [0.25, 0.3) is 11.1 Å². The molecule has 1 saturated carbocycles. The van der Waals surface area contributed by atoms with Crippen molar-refractivity contribution in [3.8, 4) is 16.9 Å². The number of pyridine rings is 1. The van der Waals surface area contributed by atoms with E-state index in [1.54, 1.807) is 19.5 Å². The minimum Gasteiger partial charge on any atom is -0.496 e. The van der Waals surface area contributed by atoms with Crippen LogP contribution in [0.3, 0.4) is 0 Å². The maximum Gasteiger partial charge on any atom is 0.326 e. The van der Waals surface area contributed by atoms with Gasteiger partial charge in [0.1, 0.15) is 11.8 Å². The Labute approximate surface area is 193 Å². The van der Waals surface area contributed by atoms with Crippen LogP contribution in [0.2, 0.25) is 0 Å². The van der Waals surface area contributed by atoms with E-state index in [0.717, 1.165) is 40.8 Å². The molecular weight excluding hydrogens is 416 g/mol. The SMILES string of the molecule is COc1ccccc1-c1ccc(C[C@H](NC(=O)C2(c3ccncc3)CCCC2)C(=O)O)cc1. The number of ether oxygens (including phenoxy) is 1. The van der Waals surface area contributed by atoms with Gasteiger partial charge in [0.05, 0.1) is 12.5 Å². The molecule has 0 radical (unpaired) electrons. The van der Waals surface area contributed by atoms with Crippen molar-refractivity contribution in [3.05, 3.63) is 84.2 Å². The van der Waals surface area contributed by atoms with E-state index in [1.807, 2.05) is 60.7 Å². The van der Waals surface area contributed by atoms with Crippen LogP contribution >= 0.6 is 0 Å². The summed E-state index contributed by atoms with van der Waals surface area (Å²) in [7, 11) is 1.64. The highest BCUT2D eigenvalue weighted by Gasteiger charge is 2.43. The molecule has 4 rings (SSSR count). The van der Waals surface area contributed by atoms with Crippen LogP contribution in [0, 0.1) is 0 Å². The van der Waals surface area contributed by atoms with Crippen LogP contribution in [-0.4, -0.2) is 35.1 Å². The Morgan fingerprint density at radius 1 is 1.03 bits per heavy atom. The van der Waals surface area contributed by atoms with Gasteiger partial charge in [0.15, 0.2) is 0 Å². The van der Waals surface area contributed by atoms with Crippen molar-refractivity contribution in [2.45, 2.75) is 43.6 Å². The molecule has 3 aromatic rings. The molecule has 0 aliphatic heterocycles. The zero-order chi connectivity index (χ0) is 23.3. The quantitative estimate of drug-likeness (QED) is 0.538. The highest BCUT2D eigenvalue weighted by Crippen LogP contribution is 2.41. The summed E-state index contributed by atoms with van der Waals surface area (Å²) in [6.45, 7) is 0. The predicted octanol–water partition coefficient (Wildman–Crippen LogP) is 4.38. The molecule has 1 atom stereocenters. The average Bonchev–Trinajstić information content (AvgIpc) is 3.36. The van der Waals surface area contributed by atoms with Gasteiger partial charge in [-0.25, -0.2) is 4.79 Å². The molecule has 1 amide bonds. The van der Waals surface area contributed by atoms with Crippen molar-refractivity contribution in [2.24, 2.45) is 0 Å². The highest BCUT2D eigenvalue weighted by molar-refractivity contribution is 5.92. The third-order valence-corrected chi connectivity index (χ3v) is 6.54. The summed E-state index contributed by atoms with van der Waals surface area (Å²) in [5.74, 6) is -0.483. The Balaban J connectivity index is 1.51. The normalized spacial score (nSPS) is 15.5. The topological polar surface area (TPSA) is 88.5 Å². The summed E-state index contributed by atoms with van der Waals surface area (Å²) in [6.07, 6.45) is 6.88. The Kier molecular flexibility index (Phi) is 6.73. The predicted molar refractivity (Wildman–Crippen MR) is 126 cm³/mol. The number of methoxy groups -OCH3 is 1. The Morgan fingerprint density at radius 2 is 1.70 bits per heavy atom. The molecule has 0 spiro atoms. The van der Waals surface area contributed by atoms with Gasteiger partial charge in [-0.15, -0.1) is 0 Å². The fourth-order valence-electron chi connectivity index (χ4n) is 4.73. The molecule has 1 heterocycles. The zero-order valence-electron chi connectivity index (χ0n) is 18.7. The first-order valence-electron chi connectivity index (χ1n) is 11.2. The van der Waals surface area contributed by atoms with Gasteiger partial charge in [-0.3, -0.25) is 9.78 Å². The Bertz CT molecular complexity index is 1110. The summed E-state index contributed by atoms with van der Waals surface area (Å²) in [6, 6.07) is 18.2. The number of carbonyl (C=O) groups excluding carboxylic acids is 1. The number of aliphatic carboxylic acids is 1. The minimum atomic E-state index is -1.04. The number of nitrogens with one attached hydrogen (secondary N) is 1. The van der Waals surface area contributed by atoms with Gasteiger partial charge in [0.2, 0.25) is 5.91 Å². The van der Waals surface area contributed by atoms with E-state index in [1.165, 1.54) is 0 Å². The molecule has 1 fully saturated rings. The van der Waals surface area contributed by atoms with Gasteiger partial charge < -0.3 is 15.2 Å². The molecule has 1 aliphatic rings. The number of rotatable bonds is 8. The smallest absolute Gasteiger partial charge is 0.326 e. The summed E-state index contributed by atoms with van der Waals surface area (Å²) in [4.78, 5) is 29.5. The lowest BCUT2D eigenvalue weighted by atomic mass is 9.78. The van der Waals surface area contributed by atoms with E-state index >= 15 is 0 Å². The number of benzene rings is 2. The minimum absolute atomic E-state index is 0.208. The molecule has 33 heavy (non-hydrogen) atoms. The third kappa shape index (κ3) is 4.75. The second kappa shape index (κ2) is 9.86. The maximum absolute atomic E-state index is 13.4. The number of hydrogen-bond acceptors (Lipinski definition) is 4.